The van der Waals surface area contributed by atoms with Crippen molar-refractivity contribution in [3.05, 3.63) is 56.5 Å². The molecular formula is C14H17FN2S. The predicted octanol–water partition coefficient (Wildman–Crippen LogP) is 3.37. The molecule has 3 N–H and O–H groups in total. The molecule has 0 saturated carbocycles. The van der Waals surface area contributed by atoms with Crippen molar-refractivity contribution in [3.8, 4) is 0 Å². The van der Waals surface area contributed by atoms with Crippen LogP contribution in [0.25, 0.3) is 0 Å². The van der Waals surface area contributed by atoms with E-state index >= 15 is 0 Å². The van der Waals surface area contributed by atoms with E-state index in [0.29, 0.717) is 5.56 Å². The summed E-state index contributed by atoms with van der Waals surface area (Å²) in [4.78, 5) is 2.43. The first-order valence-corrected chi connectivity index (χ1v) is 6.63. The Morgan fingerprint density at radius 3 is 2.39 bits per heavy atom. The van der Waals surface area contributed by atoms with Crippen molar-refractivity contribution >= 4 is 11.3 Å². The maximum atomic E-state index is 13.3. The van der Waals surface area contributed by atoms with E-state index in [9.17, 15) is 4.39 Å². The molecule has 1 atom stereocenters. The van der Waals surface area contributed by atoms with E-state index in [-0.39, 0.29) is 11.9 Å². The van der Waals surface area contributed by atoms with E-state index in [2.05, 4.69) is 25.3 Å². The summed E-state index contributed by atoms with van der Waals surface area (Å²) < 4.78 is 13.3. The number of hydrazine groups is 1. The molecule has 1 aromatic carbocycles. The Kier molecular flexibility index (Phi) is 3.80. The van der Waals surface area contributed by atoms with Gasteiger partial charge in [-0.1, -0.05) is 12.1 Å². The van der Waals surface area contributed by atoms with Crippen LogP contribution in [-0.4, -0.2) is 0 Å². The Hall–Kier alpha value is -1.23. The zero-order valence-electron chi connectivity index (χ0n) is 10.8. The van der Waals surface area contributed by atoms with Gasteiger partial charge in [0.25, 0.3) is 0 Å². The molecule has 0 spiro atoms. The molecule has 0 radical (unpaired) electrons. The molecule has 1 heterocycles. The average molecular weight is 264 g/mol. The largest absolute Gasteiger partial charge is 0.271 e. The first kappa shape index (κ1) is 13.2. The molecule has 0 aliphatic carbocycles. The average Bonchev–Trinajstić information content (AvgIpc) is 2.65. The molecule has 0 amide bonds. The van der Waals surface area contributed by atoms with E-state index in [4.69, 9.17) is 5.84 Å². The highest BCUT2D eigenvalue weighted by Gasteiger charge is 2.16. The van der Waals surface area contributed by atoms with Gasteiger partial charge in [-0.25, -0.2) is 9.82 Å². The minimum Gasteiger partial charge on any atom is -0.271 e. The van der Waals surface area contributed by atoms with Gasteiger partial charge in [0, 0.05) is 9.75 Å². The maximum absolute atomic E-state index is 13.3. The lowest BCUT2D eigenvalue weighted by Crippen LogP contribution is -2.28. The third-order valence-electron chi connectivity index (χ3n) is 3.15. The van der Waals surface area contributed by atoms with E-state index < -0.39 is 0 Å². The number of aryl methyl sites for hydroxylation is 3. The van der Waals surface area contributed by atoms with Gasteiger partial charge in [-0.15, -0.1) is 11.3 Å². The number of nitrogens with two attached hydrogens (primary N) is 1. The summed E-state index contributed by atoms with van der Waals surface area (Å²) in [6.07, 6.45) is 0. The molecule has 96 valence electrons. The monoisotopic (exact) mass is 264 g/mol. The quantitative estimate of drug-likeness (QED) is 0.659. The summed E-state index contributed by atoms with van der Waals surface area (Å²) >= 11 is 1.72. The first-order valence-electron chi connectivity index (χ1n) is 5.82. The van der Waals surface area contributed by atoms with Crippen molar-refractivity contribution in [2.45, 2.75) is 26.8 Å². The van der Waals surface area contributed by atoms with Crippen molar-refractivity contribution in [2.24, 2.45) is 5.84 Å². The molecule has 0 aliphatic heterocycles. The third-order valence-corrected chi connectivity index (χ3v) is 4.37. The highest BCUT2D eigenvalue weighted by Crippen LogP contribution is 2.30. The molecule has 18 heavy (non-hydrogen) atoms. The van der Waals surface area contributed by atoms with Gasteiger partial charge < -0.3 is 0 Å². The fourth-order valence-corrected chi connectivity index (χ4v) is 3.07. The summed E-state index contributed by atoms with van der Waals surface area (Å²) in [5.41, 5.74) is 5.69. The highest BCUT2D eigenvalue weighted by atomic mass is 32.1. The second kappa shape index (κ2) is 5.18. The minimum atomic E-state index is -0.187. The zero-order chi connectivity index (χ0) is 13.3. The van der Waals surface area contributed by atoms with Crippen molar-refractivity contribution in [2.75, 3.05) is 0 Å². The zero-order valence-corrected chi connectivity index (χ0v) is 11.6. The summed E-state index contributed by atoms with van der Waals surface area (Å²) in [5, 5.41) is 0. The number of benzene rings is 1. The van der Waals surface area contributed by atoms with Crippen molar-refractivity contribution in [3.63, 3.8) is 0 Å². The topological polar surface area (TPSA) is 38.0 Å². The molecule has 1 unspecified atom stereocenters. The van der Waals surface area contributed by atoms with Crippen LogP contribution >= 0.6 is 11.3 Å². The Balaban J connectivity index is 2.41. The number of halogens is 1. The minimum absolute atomic E-state index is 0.0818. The molecule has 4 heteroatoms. The molecule has 0 fully saturated rings. The molecular weight excluding hydrogens is 247 g/mol. The van der Waals surface area contributed by atoms with Crippen molar-refractivity contribution < 1.29 is 4.39 Å². The highest BCUT2D eigenvalue weighted by molar-refractivity contribution is 7.12. The fraction of sp³-hybridized carbons (Fsp3) is 0.286. The predicted molar refractivity (Wildman–Crippen MR) is 74.1 cm³/mol. The standard InChI is InChI=1S/C14H17FN2S/c1-8-7-13(18-10(8)3)14(17-16)11-4-5-12(15)9(2)6-11/h4-7,14,17H,16H2,1-3H3. The van der Waals surface area contributed by atoms with E-state index in [0.717, 1.165) is 10.4 Å². The van der Waals surface area contributed by atoms with Crippen LogP contribution in [0.4, 0.5) is 4.39 Å². The Bertz CT molecular complexity index is 543. The second-order valence-corrected chi connectivity index (χ2v) is 5.78. The van der Waals surface area contributed by atoms with Crippen LogP contribution in [-0.2, 0) is 0 Å². The first-order chi connectivity index (χ1) is 8.52. The van der Waals surface area contributed by atoms with Crippen LogP contribution in [0, 0.1) is 26.6 Å². The maximum Gasteiger partial charge on any atom is 0.126 e. The lowest BCUT2D eigenvalue weighted by atomic mass is 10.0. The van der Waals surface area contributed by atoms with Crippen LogP contribution in [0.3, 0.4) is 0 Å². The summed E-state index contributed by atoms with van der Waals surface area (Å²) in [7, 11) is 0. The molecule has 2 aromatic rings. The summed E-state index contributed by atoms with van der Waals surface area (Å²) in [6.45, 7) is 5.93. The van der Waals surface area contributed by atoms with Crippen LogP contribution in [0.15, 0.2) is 24.3 Å². The second-order valence-electron chi connectivity index (χ2n) is 4.50. The van der Waals surface area contributed by atoms with Gasteiger partial charge in [0.05, 0.1) is 6.04 Å². The van der Waals surface area contributed by atoms with Crippen LogP contribution < -0.4 is 11.3 Å². The van der Waals surface area contributed by atoms with Crippen molar-refractivity contribution in [1.82, 2.24) is 5.43 Å². The molecule has 1 aromatic heterocycles. The number of hydrogen-bond donors (Lipinski definition) is 2. The Morgan fingerprint density at radius 2 is 1.89 bits per heavy atom. The van der Waals surface area contributed by atoms with Crippen LogP contribution in [0.2, 0.25) is 0 Å². The van der Waals surface area contributed by atoms with Gasteiger partial charge in [0.2, 0.25) is 0 Å². The normalized spacial score (nSPS) is 12.7. The third kappa shape index (κ3) is 2.46. The Morgan fingerprint density at radius 1 is 1.17 bits per heavy atom. The lowest BCUT2D eigenvalue weighted by molar-refractivity contribution is 0.610. The fourth-order valence-electron chi connectivity index (χ4n) is 1.93. The Labute approximate surface area is 111 Å². The lowest BCUT2D eigenvalue weighted by Gasteiger charge is -2.15. The van der Waals surface area contributed by atoms with Gasteiger partial charge in [0.15, 0.2) is 0 Å². The molecule has 0 saturated heterocycles. The van der Waals surface area contributed by atoms with E-state index in [1.165, 1.54) is 16.5 Å². The van der Waals surface area contributed by atoms with E-state index in [1.54, 1.807) is 24.3 Å². The number of thiophene rings is 1. The van der Waals surface area contributed by atoms with Gasteiger partial charge >= 0.3 is 0 Å². The number of rotatable bonds is 3. The van der Waals surface area contributed by atoms with Gasteiger partial charge in [-0.2, -0.15) is 0 Å². The van der Waals surface area contributed by atoms with Gasteiger partial charge in [0.1, 0.15) is 5.82 Å². The number of nitrogens with one attached hydrogen (secondary N) is 1. The molecule has 2 rings (SSSR count). The molecule has 2 nitrogen and oxygen atoms in total. The van der Waals surface area contributed by atoms with Gasteiger partial charge in [-0.3, -0.25) is 5.84 Å². The molecule has 0 bridgehead atoms. The van der Waals surface area contributed by atoms with Gasteiger partial charge in [-0.05, 0) is 49.6 Å². The van der Waals surface area contributed by atoms with Crippen LogP contribution in [0.1, 0.15) is 32.5 Å². The molecule has 0 aliphatic rings. The van der Waals surface area contributed by atoms with Crippen molar-refractivity contribution in [1.29, 1.82) is 0 Å². The van der Waals surface area contributed by atoms with E-state index in [1.807, 2.05) is 6.07 Å². The summed E-state index contributed by atoms with van der Waals surface area (Å²) in [6, 6.07) is 7.15. The smallest absolute Gasteiger partial charge is 0.126 e. The SMILES string of the molecule is Cc1cc(C(NN)c2cc(C)c(C)s2)ccc1F. The number of hydrogen-bond acceptors (Lipinski definition) is 3. The van der Waals surface area contributed by atoms with Crippen LogP contribution in [0.5, 0.6) is 0 Å². The summed E-state index contributed by atoms with van der Waals surface area (Å²) in [5.74, 6) is 5.46.